The van der Waals surface area contributed by atoms with Gasteiger partial charge in [-0.2, -0.15) is 0 Å². The molecule has 133 heavy (non-hydrogen) atoms. The zero-order valence-corrected chi connectivity index (χ0v) is 76.3. The van der Waals surface area contributed by atoms with Crippen molar-refractivity contribution >= 4 is 87.2 Å². The molecule has 0 unspecified atom stereocenters. The van der Waals surface area contributed by atoms with E-state index in [0.717, 1.165) is 61.5 Å². The zero-order chi connectivity index (χ0) is 89.3. The summed E-state index contributed by atoms with van der Waals surface area (Å²) in [5, 5.41) is 9.68. The van der Waals surface area contributed by atoms with E-state index in [-0.39, 0.29) is 22.2 Å². The topological polar surface area (TPSA) is 19.7 Å². The van der Waals surface area contributed by atoms with Crippen molar-refractivity contribution in [1.82, 2.24) is 18.3 Å². The summed E-state index contributed by atoms with van der Waals surface area (Å²) < 4.78 is 9.98. The van der Waals surface area contributed by atoms with Gasteiger partial charge in [-0.3, -0.25) is 0 Å². The highest BCUT2D eigenvalue weighted by molar-refractivity contribution is 6.15. The minimum Gasteiger partial charge on any atom is -0.309 e. The fraction of sp³-hybridized carbons (Fsp3) is 0.116. The molecule has 634 valence electrons. The van der Waals surface area contributed by atoms with Gasteiger partial charge in [-0.1, -0.05) is 353 Å². The fourth-order valence-electron chi connectivity index (χ4n) is 24.0. The first-order chi connectivity index (χ1) is 64.8. The molecular formula is C129H98N4. The van der Waals surface area contributed by atoms with Gasteiger partial charge in [-0.05, 0) is 283 Å². The van der Waals surface area contributed by atoms with Crippen LogP contribution in [0.4, 0.5) is 0 Å². The third-order valence-corrected chi connectivity index (χ3v) is 30.4. The monoisotopic (exact) mass is 1700 g/mol. The van der Waals surface area contributed by atoms with Crippen molar-refractivity contribution in [3.05, 3.63) is 503 Å². The van der Waals surface area contributed by atoms with Gasteiger partial charge in [-0.15, -0.1) is 0 Å². The normalized spacial score (nSPS) is 13.8. The second kappa shape index (κ2) is 28.9. The van der Waals surface area contributed by atoms with Crippen LogP contribution in [0.25, 0.3) is 166 Å². The summed E-state index contributed by atoms with van der Waals surface area (Å²) in [5.41, 5.74) is 42.4. The van der Waals surface area contributed by atoms with E-state index >= 15 is 0 Å². The van der Waals surface area contributed by atoms with Crippen LogP contribution < -0.4 is 0 Å². The number of nitrogens with zero attached hydrogens (tertiary/aromatic N) is 4. The van der Waals surface area contributed by atoms with Crippen molar-refractivity contribution in [3.8, 4) is 78.4 Å². The van der Waals surface area contributed by atoms with Gasteiger partial charge in [0.25, 0.3) is 0 Å². The maximum atomic E-state index is 2.61. The number of hydrogen-bond donors (Lipinski definition) is 0. The van der Waals surface area contributed by atoms with Crippen LogP contribution >= 0.6 is 0 Å². The molecule has 19 aromatic carbocycles. The smallest absolute Gasteiger partial charge is 0.0714 e. The Balaban J connectivity index is 0.692. The second-order valence-corrected chi connectivity index (χ2v) is 40.6. The van der Waals surface area contributed by atoms with Crippen LogP contribution in [0, 0.1) is 0 Å². The molecule has 0 saturated carbocycles. The quantitative estimate of drug-likeness (QED) is 0.123. The van der Waals surface area contributed by atoms with Crippen LogP contribution in [0.15, 0.2) is 425 Å². The molecule has 4 heterocycles. The van der Waals surface area contributed by atoms with Crippen LogP contribution in [0.1, 0.15) is 146 Å². The Hall–Kier alpha value is -15.6. The molecule has 4 aromatic heterocycles. The van der Waals surface area contributed by atoms with Crippen molar-refractivity contribution in [2.45, 2.75) is 95.3 Å². The number of rotatable bonds is 11. The highest BCUT2D eigenvalue weighted by Crippen LogP contribution is 2.61. The first-order valence-electron chi connectivity index (χ1n) is 47.2. The molecule has 3 aliphatic carbocycles. The van der Waals surface area contributed by atoms with E-state index in [2.05, 4.69) is 505 Å². The number of hydrogen-bond acceptors (Lipinski definition) is 0. The average Bonchev–Trinajstić information content (AvgIpc) is 1.53. The van der Waals surface area contributed by atoms with Gasteiger partial charge in [0, 0.05) is 71.8 Å². The average molecular weight is 1700 g/mol. The summed E-state index contributed by atoms with van der Waals surface area (Å²) in [7, 11) is 0. The fourth-order valence-corrected chi connectivity index (χ4v) is 24.0. The van der Waals surface area contributed by atoms with Gasteiger partial charge in [0.1, 0.15) is 0 Å². The lowest BCUT2D eigenvalue weighted by Gasteiger charge is -2.34. The maximum absolute atomic E-state index is 2.61. The van der Waals surface area contributed by atoms with Gasteiger partial charge in [0.05, 0.1) is 55.0 Å². The Morgan fingerprint density at radius 1 is 0.188 bits per heavy atom. The second-order valence-electron chi connectivity index (χ2n) is 40.6. The highest BCUT2D eigenvalue weighted by atomic mass is 15.0. The van der Waals surface area contributed by atoms with Gasteiger partial charge in [-0.25, -0.2) is 0 Å². The Morgan fingerprint density at radius 3 is 0.729 bits per heavy atom. The SMILES string of the molecule is CC(C)(C)c1ccc(-n2c3ccc(-c4ccc(C5c6ccccc6-c6ccccc65)cc4)cc3c3cc(C4(c5ccc6c(c5)c5cc(C7(c8ccc9c(c8)c8cc(-c%10ccc(-n%11c%12ccccc%12c%12ccccc%12%11)cc%10)ccc8n9-c8ccc(C(C)(C)C)cc8)c8ccccc8-c8ccccc87)ccc5n6-c5ccc(C(C)(C)C)cc5)c5ccccc5-c5ccccc54)ccc32)cc1. The van der Waals surface area contributed by atoms with Gasteiger partial charge < -0.3 is 18.3 Å². The molecule has 4 heteroatoms. The molecule has 23 aromatic rings. The molecule has 26 rings (SSSR count). The first kappa shape index (κ1) is 78.4. The summed E-state index contributed by atoms with van der Waals surface area (Å²) >= 11 is 0. The van der Waals surface area contributed by atoms with E-state index in [1.165, 1.54) is 182 Å². The van der Waals surface area contributed by atoms with Crippen LogP contribution in [0.5, 0.6) is 0 Å². The number of benzene rings is 19. The third-order valence-electron chi connectivity index (χ3n) is 30.4. The molecular weight excluding hydrogens is 1610 g/mol. The molecule has 0 aliphatic heterocycles. The van der Waals surface area contributed by atoms with E-state index in [9.17, 15) is 0 Å². The summed E-state index contributed by atoms with van der Waals surface area (Å²) in [6, 6.07) is 164. The maximum Gasteiger partial charge on any atom is 0.0714 e. The largest absolute Gasteiger partial charge is 0.309 e. The van der Waals surface area contributed by atoms with Gasteiger partial charge in [0.15, 0.2) is 0 Å². The highest BCUT2D eigenvalue weighted by Gasteiger charge is 2.49. The van der Waals surface area contributed by atoms with Crippen LogP contribution in [-0.2, 0) is 27.1 Å². The molecule has 0 bridgehead atoms. The van der Waals surface area contributed by atoms with Crippen LogP contribution in [-0.4, -0.2) is 18.3 Å². The molecule has 0 N–H and O–H groups in total. The molecule has 3 aliphatic rings. The van der Waals surface area contributed by atoms with E-state index in [0.29, 0.717) is 0 Å². The lowest BCUT2D eigenvalue weighted by molar-refractivity contribution is 0.590. The molecule has 0 radical (unpaired) electrons. The van der Waals surface area contributed by atoms with E-state index in [4.69, 9.17) is 0 Å². The molecule has 0 saturated heterocycles. The predicted octanol–water partition coefficient (Wildman–Crippen LogP) is 33.2. The van der Waals surface area contributed by atoms with Crippen molar-refractivity contribution in [1.29, 1.82) is 0 Å². The van der Waals surface area contributed by atoms with E-state index in [1.807, 2.05) is 0 Å². The number of aromatic nitrogens is 4. The third kappa shape index (κ3) is 11.6. The van der Waals surface area contributed by atoms with Crippen molar-refractivity contribution in [2.75, 3.05) is 0 Å². The summed E-state index contributed by atoms with van der Waals surface area (Å²) in [4.78, 5) is 0. The lowest BCUT2D eigenvalue weighted by Crippen LogP contribution is -2.28. The number of para-hydroxylation sites is 2. The van der Waals surface area contributed by atoms with Crippen molar-refractivity contribution in [2.24, 2.45) is 0 Å². The Kier molecular flexibility index (Phi) is 17.1. The number of fused-ring (bicyclic) bond motifs is 21. The minimum absolute atomic E-state index is 0.0129. The molecule has 4 nitrogen and oxygen atoms in total. The van der Waals surface area contributed by atoms with Crippen LogP contribution in [0.3, 0.4) is 0 Å². The van der Waals surface area contributed by atoms with E-state index < -0.39 is 10.8 Å². The zero-order valence-electron chi connectivity index (χ0n) is 76.3. The van der Waals surface area contributed by atoms with Gasteiger partial charge in [0.2, 0.25) is 0 Å². The Morgan fingerprint density at radius 2 is 0.421 bits per heavy atom. The summed E-state index contributed by atoms with van der Waals surface area (Å²) in [6.45, 7) is 20.8. The summed E-state index contributed by atoms with van der Waals surface area (Å²) in [6.07, 6.45) is 0. The minimum atomic E-state index is -0.800. The molecule has 0 spiro atoms. The predicted molar refractivity (Wildman–Crippen MR) is 558 cm³/mol. The molecule has 0 fully saturated rings. The van der Waals surface area contributed by atoms with Gasteiger partial charge >= 0.3 is 0 Å². The Labute approximate surface area is 776 Å². The van der Waals surface area contributed by atoms with E-state index in [1.54, 1.807) is 0 Å². The van der Waals surface area contributed by atoms with Crippen LogP contribution in [0.2, 0.25) is 0 Å². The lowest BCUT2D eigenvalue weighted by atomic mass is 9.67. The molecule has 0 amide bonds. The molecule has 0 atom stereocenters. The van der Waals surface area contributed by atoms with Crippen molar-refractivity contribution < 1.29 is 0 Å². The Bertz CT molecular complexity index is 8550. The summed E-state index contributed by atoms with van der Waals surface area (Å²) in [5.74, 6) is 0.163. The standard InChI is InChI=1S/C129H98N4/c1-125(2,3)85-50-62-93(63-51-85)131-118-68-48-83(80-42-44-82(45-43-80)124-104-34-12-10-26-96(104)97-27-11-13-35-105(97)124)74-106(118)108-76-88(56-70-120(108)131)128(112-36-20-14-28-98(112)99-29-15-21-37-113(99)128)90-58-72-122-110(78-90)111-79-91(59-73-123(111)133(122)95-66-54-87(55-67-95)127(7,8)9)129(114-38-22-16-30-100(114)101-31-17-23-39-115(101)129)89-57-71-121-109(77-89)107-75-84(49-69-119(107)132(121)94-64-52-86(53-65-94)126(4,5)6)81-46-60-92(61-47-81)130-116-40-24-18-32-102(116)103-33-19-25-41-117(103)130/h10-79,124H,1-9H3. The first-order valence-corrected chi connectivity index (χ1v) is 47.2. The van der Waals surface area contributed by atoms with Crippen molar-refractivity contribution in [3.63, 3.8) is 0 Å².